The van der Waals surface area contributed by atoms with Gasteiger partial charge in [0.25, 0.3) is 0 Å². The highest BCUT2D eigenvalue weighted by atomic mass is 16.4. The molecule has 1 amide bonds. The van der Waals surface area contributed by atoms with Gasteiger partial charge in [-0.2, -0.15) is 0 Å². The molecule has 0 radical (unpaired) electrons. The molecule has 2 rings (SSSR count). The smallest absolute Gasteiger partial charge is 0.329 e. The van der Waals surface area contributed by atoms with Gasteiger partial charge in [-0.05, 0) is 37.8 Å². The second-order valence-corrected chi connectivity index (χ2v) is 4.73. The maximum Gasteiger partial charge on any atom is 0.329 e. The predicted octanol–water partition coefficient (Wildman–Crippen LogP) is 1.06. The molecule has 0 aromatic carbocycles. The molecule has 0 spiro atoms. The second-order valence-electron chi connectivity index (χ2n) is 4.73. The number of rotatable bonds is 4. The molecule has 18 heavy (non-hydrogen) atoms. The number of aromatic nitrogens is 1. The molecular weight excluding hydrogens is 232 g/mol. The van der Waals surface area contributed by atoms with Crippen LogP contribution in [-0.2, 0) is 16.0 Å². The number of nitrogens with one attached hydrogen (secondary N) is 1. The van der Waals surface area contributed by atoms with Gasteiger partial charge in [0.05, 0.1) is 12.1 Å². The minimum absolute atomic E-state index is 0.127. The van der Waals surface area contributed by atoms with Crippen LogP contribution in [0.3, 0.4) is 0 Å². The number of carboxylic acids is 1. The van der Waals surface area contributed by atoms with Crippen molar-refractivity contribution in [3.05, 3.63) is 29.6 Å². The maximum atomic E-state index is 11.9. The highest BCUT2D eigenvalue weighted by Crippen LogP contribution is 2.32. The first-order chi connectivity index (χ1) is 8.53. The van der Waals surface area contributed by atoms with Gasteiger partial charge < -0.3 is 10.4 Å². The number of aliphatic carboxylic acids is 1. The quantitative estimate of drug-likeness (QED) is 0.835. The Morgan fingerprint density at radius 2 is 2.22 bits per heavy atom. The minimum Gasteiger partial charge on any atom is -0.480 e. The summed E-state index contributed by atoms with van der Waals surface area (Å²) in [6, 6.07) is 3.69. The van der Waals surface area contributed by atoms with Crippen LogP contribution < -0.4 is 5.32 Å². The van der Waals surface area contributed by atoms with Crippen LogP contribution in [0, 0.1) is 6.92 Å². The lowest BCUT2D eigenvalue weighted by atomic mass is 9.76. The van der Waals surface area contributed by atoms with Crippen LogP contribution in [-0.4, -0.2) is 27.5 Å². The zero-order valence-corrected chi connectivity index (χ0v) is 10.3. The lowest BCUT2D eigenvalue weighted by Crippen LogP contribution is -2.59. The van der Waals surface area contributed by atoms with Gasteiger partial charge in [0.2, 0.25) is 5.91 Å². The molecule has 1 aromatic heterocycles. The van der Waals surface area contributed by atoms with E-state index in [0.717, 1.165) is 12.0 Å². The van der Waals surface area contributed by atoms with Crippen LogP contribution in [0.15, 0.2) is 18.3 Å². The maximum absolute atomic E-state index is 11.9. The monoisotopic (exact) mass is 248 g/mol. The van der Waals surface area contributed by atoms with E-state index in [4.69, 9.17) is 5.11 Å². The van der Waals surface area contributed by atoms with Crippen molar-refractivity contribution in [2.75, 3.05) is 0 Å². The van der Waals surface area contributed by atoms with Crippen molar-refractivity contribution in [1.29, 1.82) is 0 Å². The van der Waals surface area contributed by atoms with E-state index >= 15 is 0 Å². The third-order valence-electron chi connectivity index (χ3n) is 3.44. The number of amides is 1. The van der Waals surface area contributed by atoms with Crippen molar-refractivity contribution in [2.45, 2.75) is 38.1 Å². The molecule has 1 aromatic rings. The number of carbonyl (C=O) groups excluding carboxylic acids is 1. The fraction of sp³-hybridized carbons (Fsp3) is 0.462. The summed E-state index contributed by atoms with van der Waals surface area (Å²) in [5.41, 5.74) is 0.584. The summed E-state index contributed by atoms with van der Waals surface area (Å²) in [7, 11) is 0. The van der Waals surface area contributed by atoms with Crippen molar-refractivity contribution in [1.82, 2.24) is 10.3 Å². The lowest BCUT2D eigenvalue weighted by Gasteiger charge is -2.38. The number of aryl methyl sites for hydroxylation is 1. The summed E-state index contributed by atoms with van der Waals surface area (Å²) in [5.74, 6) is -1.22. The largest absolute Gasteiger partial charge is 0.480 e. The van der Waals surface area contributed by atoms with E-state index in [1.165, 1.54) is 0 Å². The third kappa shape index (κ3) is 2.34. The molecule has 5 nitrogen and oxygen atoms in total. The summed E-state index contributed by atoms with van der Waals surface area (Å²) in [6.07, 6.45) is 3.62. The molecule has 1 fully saturated rings. The fourth-order valence-corrected chi connectivity index (χ4v) is 2.09. The van der Waals surface area contributed by atoms with Crippen molar-refractivity contribution < 1.29 is 14.7 Å². The van der Waals surface area contributed by atoms with Crippen molar-refractivity contribution in [2.24, 2.45) is 0 Å². The first-order valence-corrected chi connectivity index (χ1v) is 5.98. The van der Waals surface area contributed by atoms with Crippen molar-refractivity contribution in [3.63, 3.8) is 0 Å². The van der Waals surface area contributed by atoms with Crippen LogP contribution in [0.25, 0.3) is 0 Å². The Morgan fingerprint density at radius 1 is 1.50 bits per heavy atom. The predicted molar refractivity (Wildman–Crippen MR) is 65.0 cm³/mol. The standard InChI is InChI=1S/C13H16N2O3/c1-9-4-2-7-14-10(9)8-11(16)15-13(12(17)18)5-3-6-13/h2,4,7H,3,5-6,8H2,1H3,(H,15,16)(H,17,18). The first-order valence-electron chi connectivity index (χ1n) is 5.98. The molecule has 2 N–H and O–H groups in total. The Balaban J connectivity index is 2.01. The molecule has 1 saturated carbocycles. The summed E-state index contributed by atoms with van der Waals surface area (Å²) < 4.78 is 0. The average Bonchev–Trinajstić information content (AvgIpc) is 2.26. The summed E-state index contributed by atoms with van der Waals surface area (Å²) >= 11 is 0. The molecule has 0 atom stereocenters. The Morgan fingerprint density at radius 3 is 2.72 bits per heavy atom. The zero-order valence-electron chi connectivity index (χ0n) is 10.3. The van der Waals surface area contributed by atoms with E-state index in [1.807, 2.05) is 13.0 Å². The Kier molecular flexibility index (Phi) is 3.32. The molecule has 1 aliphatic carbocycles. The molecule has 0 unspecified atom stereocenters. The topological polar surface area (TPSA) is 79.3 Å². The van der Waals surface area contributed by atoms with Crippen LogP contribution in [0.2, 0.25) is 0 Å². The van der Waals surface area contributed by atoms with Crippen LogP contribution in [0.4, 0.5) is 0 Å². The molecule has 1 aliphatic rings. The van der Waals surface area contributed by atoms with Gasteiger partial charge in [-0.15, -0.1) is 0 Å². The number of hydrogen-bond acceptors (Lipinski definition) is 3. The van der Waals surface area contributed by atoms with Crippen molar-refractivity contribution >= 4 is 11.9 Å². The number of pyridine rings is 1. The highest BCUT2D eigenvalue weighted by Gasteiger charge is 2.45. The van der Waals surface area contributed by atoms with Crippen LogP contribution in [0.5, 0.6) is 0 Å². The fourth-order valence-electron chi connectivity index (χ4n) is 2.09. The number of nitrogens with zero attached hydrogens (tertiary/aromatic N) is 1. The number of carbonyl (C=O) groups is 2. The summed E-state index contributed by atoms with van der Waals surface area (Å²) in [6.45, 7) is 1.88. The average molecular weight is 248 g/mol. The molecule has 5 heteroatoms. The highest BCUT2D eigenvalue weighted by molar-refractivity contribution is 5.88. The van der Waals surface area contributed by atoms with E-state index in [-0.39, 0.29) is 12.3 Å². The van der Waals surface area contributed by atoms with Crippen LogP contribution in [0.1, 0.15) is 30.5 Å². The molecular formula is C13H16N2O3. The van der Waals surface area contributed by atoms with Crippen molar-refractivity contribution in [3.8, 4) is 0 Å². The van der Waals surface area contributed by atoms with Gasteiger partial charge in [-0.1, -0.05) is 6.07 Å². The molecule has 0 bridgehead atoms. The first kappa shape index (κ1) is 12.5. The van der Waals surface area contributed by atoms with Gasteiger partial charge in [0.15, 0.2) is 0 Å². The van der Waals surface area contributed by atoms with Crippen LogP contribution >= 0.6 is 0 Å². The Hall–Kier alpha value is -1.91. The van der Waals surface area contributed by atoms with E-state index < -0.39 is 11.5 Å². The normalized spacial score (nSPS) is 16.7. The van der Waals surface area contributed by atoms with Gasteiger partial charge in [0.1, 0.15) is 5.54 Å². The van der Waals surface area contributed by atoms with Gasteiger partial charge in [-0.25, -0.2) is 4.79 Å². The second kappa shape index (κ2) is 4.76. The minimum atomic E-state index is -1.04. The van der Waals surface area contributed by atoms with E-state index in [2.05, 4.69) is 10.3 Å². The Bertz CT molecular complexity index is 481. The number of hydrogen-bond donors (Lipinski definition) is 2. The Labute approximate surface area is 105 Å². The van der Waals surface area contributed by atoms with Gasteiger partial charge >= 0.3 is 5.97 Å². The SMILES string of the molecule is Cc1cccnc1CC(=O)NC1(C(=O)O)CCC1. The van der Waals surface area contributed by atoms with E-state index in [9.17, 15) is 9.59 Å². The summed E-state index contributed by atoms with van der Waals surface area (Å²) in [5, 5.41) is 11.7. The lowest BCUT2D eigenvalue weighted by molar-refractivity contribution is -0.151. The van der Waals surface area contributed by atoms with Gasteiger partial charge in [0, 0.05) is 6.20 Å². The third-order valence-corrected chi connectivity index (χ3v) is 3.44. The zero-order chi connectivity index (χ0) is 13.2. The molecule has 0 aliphatic heterocycles. The van der Waals surface area contributed by atoms with Gasteiger partial charge in [-0.3, -0.25) is 9.78 Å². The molecule has 96 valence electrons. The van der Waals surface area contributed by atoms with E-state index in [1.54, 1.807) is 12.3 Å². The van der Waals surface area contributed by atoms with E-state index in [0.29, 0.717) is 18.5 Å². The molecule has 1 heterocycles. The molecule has 0 saturated heterocycles. The summed E-state index contributed by atoms with van der Waals surface area (Å²) in [4.78, 5) is 27.1. The number of carboxylic acid groups (broad SMARTS) is 1.